The lowest BCUT2D eigenvalue weighted by atomic mass is 9.98. The molecule has 8 nitrogen and oxygen atoms in total. The first-order chi connectivity index (χ1) is 19.6. The number of alkyl halides is 3. The molecule has 3 aliphatic rings. The number of carboxylic acid groups (broad SMARTS) is 1. The highest BCUT2D eigenvalue weighted by Gasteiger charge is 2.39. The zero-order valence-electron chi connectivity index (χ0n) is 22.1. The number of carbonyl (C=O) groups is 2. The van der Waals surface area contributed by atoms with E-state index in [1.807, 2.05) is 4.72 Å². The maximum atomic E-state index is 15.0. The van der Waals surface area contributed by atoms with E-state index < -0.39 is 39.1 Å². The predicted octanol–water partition coefficient (Wildman–Crippen LogP) is 4.79. The Hall–Kier alpha value is -2.81. The summed E-state index contributed by atoms with van der Waals surface area (Å²) in [6, 6.07) is 7.22. The molecule has 2 saturated carbocycles. The van der Waals surface area contributed by atoms with Crippen LogP contribution in [0.3, 0.4) is 0 Å². The first kappa shape index (κ1) is 32.1. The molecule has 2 N–H and O–H groups in total. The highest BCUT2D eigenvalue weighted by molar-refractivity contribution is 7.91. The second-order valence-electron chi connectivity index (χ2n) is 10.5. The Morgan fingerprint density at radius 3 is 2.31 bits per heavy atom. The number of ether oxygens (including phenoxy) is 1. The molecule has 0 aromatic heterocycles. The van der Waals surface area contributed by atoms with Crippen molar-refractivity contribution in [3.05, 3.63) is 69.2 Å². The summed E-state index contributed by atoms with van der Waals surface area (Å²) in [5, 5.41) is 6.93. The molecule has 2 aromatic rings. The molecular weight excluding hydrogens is 611 g/mol. The zero-order valence-corrected chi connectivity index (χ0v) is 23.7. The molecule has 1 atom stereocenters. The summed E-state index contributed by atoms with van der Waals surface area (Å²) in [6.07, 6.45) is -1.74. The standard InChI is InChI=1S/C25H27ClF2N2O4S.C2HF3O2/c26-23-11-18(27)4-3-16(23)9-19-14-30(7-8-34-19)13-17-10-24(28)22(12-21(17)15-1-2-15)25(31)29-35(32,33)20-5-6-20;3-2(4,5)1(6)7/h3-4,10-12,15,19-20H,1-2,5-9,13-14H2,(H,29,31);(H,6,7)/t19-;/m1./s1. The van der Waals surface area contributed by atoms with Gasteiger partial charge in [-0.1, -0.05) is 17.7 Å². The Labute approximate surface area is 243 Å². The fourth-order valence-corrected chi connectivity index (χ4v) is 6.12. The van der Waals surface area contributed by atoms with Gasteiger partial charge in [-0.2, -0.15) is 13.2 Å². The quantitative estimate of drug-likeness (QED) is 0.400. The molecule has 15 heteroatoms. The van der Waals surface area contributed by atoms with Gasteiger partial charge in [0.15, 0.2) is 0 Å². The van der Waals surface area contributed by atoms with Crippen LogP contribution >= 0.6 is 11.6 Å². The summed E-state index contributed by atoms with van der Waals surface area (Å²) >= 11 is 6.17. The number of aliphatic carboxylic acids is 1. The monoisotopic (exact) mass is 638 g/mol. The number of halogens is 6. The molecule has 2 aromatic carbocycles. The fraction of sp³-hybridized carbons (Fsp3) is 0.481. The summed E-state index contributed by atoms with van der Waals surface area (Å²) in [6.45, 7) is 2.26. The summed E-state index contributed by atoms with van der Waals surface area (Å²) in [5.74, 6) is -4.54. The molecule has 0 bridgehead atoms. The van der Waals surface area contributed by atoms with E-state index in [0.29, 0.717) is 50.5 Å². The largest absolute Gasteiger partial charge is 0.490 e. The summed E-state index contributed by atoms with van der Waals surface area (Å²) < 4.78 is 92.3. The molecule has 5 rings (SSSR count). The Kier molecular flexibility index (Phi) is 9.80. The highest BCUT2D eigenvalue weighted by atomic mass is 35.5. The molecule has 42 heavy (non-hydrogen) atoms. The SMILES string of the molecule is O=C(NS(=O)(=O)C1CC1)c1cc(C2CC2)c(CN2CCO[C@H](Cc3ccc(F)cc3Cl)C2)cc1F.O=C(O)C(F)(F)F. The van der Waals surface area contributed by atoms with Gasteiger partial charge in [0.05, 0.1) is 23.5 Å². The lowest BCUT2D eigenvalue weighted by molar-refractivity contribution is -0.192. The Bertz CT molecular complexity index is 1450. The molecule has 0 radical (unpaired) electrons. The highest BCUT2D eigenvalue weighted by Crippen LogP contribution is 2.43. The first-order valence-corrected chi connectivity index (χ1v) is 15.0. The molecular formula is C27H28ClF5N2O6S. The number of carbonyl (C=O) groups excluding carboxylic acids is 1. The van der Waals surface area contributed by atoms with E-state index in [-0.39, 0.29) is 23.4 Å². The number of amides is 1. The number of nitrogens with one attached hydrogen (secondary N) is 1. The van der Waals surface area contributed by atoms with Crippen molar-refractivity contribution < 1.29 is 49.8 Å². The van der Waals surface area contributed by atoms with Crippen LogP contribution in [-0.2, 0) is 32.5 Å². The molecule has 1 amide bonds. The molecule has 230 valence electrons. The average molecular weight is 639 g/mol. The van der Waals surface area contributed by atoms with E-state index >= 15 is 4.39 Å². The van der Waals surface area contributed by atoms with Crippen LogP contribution in [0.1, 0.15) is 58.6 Å². The van der Waals surface area contributed by atoms with Gasteiger partial charge in [-0.15, -0.1) is 0 Å². The Balaban J connectivity index is 0.000000517. The molecule has 2 aliphatic carbocycles. The minimum atomic E-state index is -5.08. The van der Waals surface area contributed by atoms with Crippen LogP contribution in [0.4, 0.5) is 22.0 Å². The molecule has 1 aliphatic heterocycles. The van der Waals surface area contributed by atoms with Crippen molar-refractivity contribution in [2.45, 2.75) is 62.1 Å². The first-order valence-electron chi connectivity index (χ1n) is 13.1. The van der Waals surface area contributed by atoms with Crippen molar-refractivity contribution in [2.24, 2.45) is 0 Å². The van der Waals surface area contributed by atoms with Crippen LogP contribution < -0.4 is 4.72 Å². The van der Waals surface area contributed by atoms with Crippen molar-refractivity contribution in [3.63, 3.8) is 0 Å². The number of carboxylic acids is 1. The van der Waals surface area contributed by atoms with Crippen molar-refractivity contribution in [1.29, 1.82) is 0 Å². The van der Waals surface area contributed by atoms with E-state index in [1.165, 1.54) is 24.3 Å². The number of rotatable bonds is 8. The van der Waals surface area contributed by atoms with Gasteiger partial charge >= 0.3 is 12.1 Å². The molecule has 0 unspecified atom stereocenters. The summed E-state index contributed by atoms with van der Waals surface area (Å²) in [7, 11) is -3.76. The lowest BCUT2D eigenvalue weighted by Gasteiger charge is -2.33. The van der Waals surface area contributed by atoms with Gasteiger partial charge in [-0.05, 0) is 72.6 Å². The van der Waals surface area contributed by atoms with Gasteiger partial charge in [-0.3, -0.25) is 9.69 Å². The van der Waals surface area contributed by atoms with E-state index in [9.17, 15) is 30.8 Å². The van der Waals surface area contributed by atoms with Crippen LogP contribution in [0.15, 0.2) is 30.3 Å². The van der Waals surface area contributed by atoms with E-state index in [4.69, 9.17) is 26.2 Å². The smallest absolute Gasteiger partial charge is 0.475 e. The van der Waals surface area contributed by atoms with Crippen LogP contribution in [0.25, 0.3) is 0 Å². The van der Waals surface area contributed by atoms with Crippen LogP contribution in [-0.4, -0.2) is 67.5 Å². The predicted molar refractivity (Wildman–Crippen MR) is 142 cm³/mol. The van der Waals surface area contributed by atoms with Gasteiger partial charge in [0, 0.05) is 31.1 Å². The van der Waals surface area contributed by atoms with Crippen LogP contribution in [0.2, 0.25) is 5.02 Å². The number of morpholine rings is 1. The summed E-state index contributed by atoms with van der Waals surface area (Å²) in [5.41, 5.74) is 2.27. The Morgan fingerprint density at radius 2 is 1.74 bits per heavy atom. The minimum absolute atomic E-state index is 0.140. The normalized spacial score (nSPS) is 19.5. The third-order valence-corrected chi connectivity index (χ3v) is 9.18. The molecule has 1 saturated heterocycles. The van der Waals surface area contributed by atoms with Crippen molar-refractivity contribution >= 4 is 33.5 Å². The van der Waals surface area contributed by atoms with Crippen molar-refractivity contribution in [1.82, 2.24) is 9.62 Å². The van der Waals surface area contributed by atoms with Gasteiger partial charge in [0.2, 0.25) is 10.0 Å². The molecule has 0 spiro atoms. The van der Waals surface area contributed by atoms with E-state index in [0.717, 1.165) is 29.5 Å². The van der Waals surface area contributed by atoms with Gasteiger partial charge in [0.25, 0.3) is 5.91 Å². The third-order valence-electron chi connectivity index (χ3n) is 7.01. The van der Waals surface area contributed by atoms with Crippen LogP contribution in [0, 0.1) is 11.6 Å². The van der Waals surface area contributed by atoms with Gasteiger partial charge < -0.3 is 9.84 Å². The topological polar surface area (TPSA) is 113 Å². The Morgan fingerprint density at radius 1 is 1.07 bits per heavy atom. The summed E-state index contributed by atoms with van der Waals surface area (Å²) in [4.78, 5) is 23.6. The van der Waals surface area contributed by atoms with Crippen LogP contribution in [0.5, 0.6) is 0 Å². The second kappa shape index (κ2) is 12.8. The number of nitrogens with zero attached hydrogens (tertiary/aromatic N) is 1. The van der Waals surface area contributed by atoms with E-state index in [1.54, 1.807) is 6.07 Å². The maximum absolute atomic E-state index is 15.0. The van der Waals surface area contributed by atoms with Gasteiger partial charge in [0.1, 0.15) is 11.6 Å². The zero-order chi connectivity index (χ0) is 30.8. The van der Waals surface area contributed by atoms with Gasteiger partial charge in [-0.25, -0.2) is 26.7 Å². The number of hydrogen-bond donors (Lipinski definition) is 2. The average Bonchev–Trinajstić information content (AvgIpc) is 3.79. The second-order valence-corrected chi connectivity index (χ2v) is 12.8. The number of benzene rings is 2. The molecule has 1 heterocycles. The van der Waals surface area contributed by atoms with Crippen molar-refractivity contribution in [2.75, 3.05) is 19.7 Å². The fourth-order valence-electron chi connectivity index (χ4n) is 4.58. The van der Waals surface area contributed by atoms with Crippen molar-refractivity contribution in [3.8, 4) is 0 Å². The lowest BCUT2D eigenvalue weighted by Crippen LogP contribution is -2.43. The number of hydrogen-bond acceptors (Lipinski definition) is 6. The maximum Gasteiger partial charge on any atom is 0.490 e. The molecule has 3 fully saturated rings. The minimum Gasteiger partial charge on any atom is -0.475 e. The number of sulfonamides is 1. The van der Waals surface area contributed by atoms with E-state index in [2.05, 4.69) is 4.90 Å². The third kappa shape index (κ3) is 8.62.